The first kappa shape index (κ1) is 15.5. The quantitative estimate of drug-likeness (QED) is 0.866. The molecule has 0 bridgehead atoms. The second-order valence-electron chi connectivity index (χ2n) is 4.89. The molecule has 0 aliphatic carbocycles. The van der Waals surface area contributed by atoms with Gasteiger partial charge in [0.05, 0.1) is 27.0 Å². The third kappa shape index (κ3) is 2.81. The van der Waals surface area contributed by atoms with E-state index in [0.717, 1.165) is 4.90 Å². The molecule has 1 N–H and O–H groups in total. The Morgan fingerprint density at radius 3 is 2.57 bits per heavy atom. The molecule has 0 saturated heterocycles. The van der Waals surface area contributed by atoms with Crippen molar-refractivity contribution < 1.29 is 14.4 Å². The second-order valence-corrected chi connectivity index (χ2v) is 5.67. The number of carbonyl (C=O) groups excluding carboxylic acids is 3. The van der Waals surface area contributed by atoms with Crippen LogP contribution in [-0.2, 0) is 9.59 Å². The molecule has 0 aromatic heterocycles. The lowest BCUT2D eigenvalue weighted by Gasteiger charge is -2.16. The maximum atomic E-state index is 12.2. The van der Waals surface area contributed by atoms with Crippen molar-refractivity contribution in [2.45, 2.75) is 0 Å². The number of benzene rings is 2. The van der Waals surface area contributed by atoms with E-state index in [1.165, 1.54) is 0 Å². The van der Waals surface area contributed by atoms with Crippen LogP contribution in [0.25, 0.3) is 0 Å². The minimum atomic E-state index is -0.724. The van der Waals surface area contributed by atoms with Gasteiger partial charge in [-0.05, 0) is 24.3 Å². The molecule has 1 heterocycles. The van der Waals surface area contributed by atoms with Crippen molar-refractivity contribution in [3.63, 3.8) is 0 Å². The molecule has 23 heavy (non-hydrogen) atoms. The van der Waals surface area contributed by atoms with Gasteiger partial charge in [-0.2, -0.15) is 0 Å². The van der Waals surface area contributed by atoms with Crippen LogP contribution in [0.1, 0.15) is 10.4 Å². The van der Waals surface area contributed by atoms with Crippen molar-refractivity contribution in [1.29, 1.82) is 0 Å². The van der Waals surface area contributed by atoms with E-state index in [0.29, 0.717) is 22.0 Å². The number of hydrogen-bond donors (Lipinski definition) is 1. The minimum Gasteiger partial charge on any atom is -0.323 e. The van der Waals surface area contributed by atoms with E-state index in [1.807, 2.05) is 0 Å². The smallest absolute Gasteiger partial charge is 0.299 e. The molecule has 1 aliphatic rings. The van der Waals surface area contributed by atoms with E-state index in [-0.39, 0.29) is 11.6 Å². The lowest BCUT2D eigenvalue weighted by atomic mass is 10.1. The summed E-state index contributed by atoms with van der Waals surface area (Å²) in [4.78, 5) is 37.2. The molecule has 2 aromatic rings. The summed E-state index contributed by atoms with van der Waals surface area (Å²) >= 11 is 11.9. The number of hydrogen-bond acceptors (Lipinski definition) is 3. The van der Waals surface area contributed by atoms with Crippen LogP contribution in [0.15, 0.2) is 42.5 Å². The van der Waals surface area contributed by atoms with Crippen LogP contribution in [-0.4, -0.2) is 24.1 Å². The van der Waals surface area contributed by atoms with Crippen molar-refractivity contribution in [1.82, 2.24) is 0 Å². The Hall–Kier alpha value is -2.37. The van der Waals surface area contributed by atoms with E-state index >= 15 is 0 Å². The van der Waals surface area contributed by atoms with Crippen molar-refractivity contribution in [2.75, 3.05) is 16.8 Å². The number of nitrogens with one attached hydrogen (secondary N) is 1. The Kier molecular flexibility index (Phi) is 4.07. The zero-order valence-electron chi connectivity index (χ0n) is 11.7. The van der Waals surface area contributed by atoms with Gasteiger partial charge < -0.3 is 5.32 Å². The molecule has 5 nitrogen and oxygen atoms in total. The summed E-state index contributed by atoms with van der Waals surface area (Å²) in [5, 5.41) is 3.11. The number of Topliss-reactive ketones (excluding diaryl/α,β-unsaturated/α-hetero) is 1. The number of anilines is 2. The van der Waals surface area contributed by atoms with Crippen LogP contribution in [0, 0.1) is 0 Å². The number of amides is 2. The fraction of sp³-hybridized carbons (Fsp3) is 0.0625. The van der Waals surface area contributed by atoms with E-state index in [2.05, 4.69) is 5.32 Å². The van der Waals surface area contributed by atoms with E-state index < -0.39 is 17.6 Å². The second kappa shape index (κ2) is 6.02. The van der Waals surface area contributed by atoms with Crippen LogP contribution < -0.4 is 10.2 Å². The molecule has 0 atom stereocenters. The molecule has 2 amide bonds. The average molecular weight is 349 g/mol. The third-order valence-electron chi connectivity index (χ3n) is 3.41. The molecule has 0 radical (unpaired) electrons. The molecule has 0 saturated carbocycles. The molecule has 0 unspecified atom stereocenters. The zero-order chi connectivity index (χ0) is 16.6. The summed E-state index contributed by atoms with van der Waals surface area (Å²) in [5.74, 6) is -1.82. The number of para-hydroxylation sites is 1. The van der Waals surface area contributed by atoms with E-state index in [1.54, 1.807) is 42.5 Å². The van der Waals surface area contributed by atoms with Gasteiger partial charge in [0.2, 0.25) is 5.91 Å². The highest BCUT2D eigenvalue weighted by molar-refractivity contribution is 6.52. The first-order chi connectivity index (χ1) is 11.0. The minimum absolute atomic E-state index is 0.215. The Morgan fingerprint density at radius 2 is 1.78 bits per heavy atom. The fourth-order valence-electron chi connectivity index (χ4n) is 2.34. The lowest BCUT2D eigenvalue weighted by molar-refractivity contribution is -0.118. The maximum absolute atomic E-state index is 12.2. The molecule has 1 aliphatic heterocycles. The van der Waals surface area contributed by atoms with Crippen molar-refractivity contribution in [3.8, 4) is 0 Å². The molecule has 0 fully saturated rings. The molecule has 0 spiro atoms. The van der Waals surface area contributed by atoms with Gasteiger partial charge in [-0.15, -0.1) is 0 Å². The summed E-state index contributed by atoms with van der Waals surface area (Å²) in [6.45, 7) is -0.287. The molecule has 116 valence electrons. The molecule has 7 heteroatoms. The van der Waals surface area contributed by atoms with Gasteiger partial charge in [-0.3, -0.25) is 19.3 Å². The number of carbonyl (C=O) groups is 3. The lowest BCUT2D eigenvalue weighted by Crippen LogP contribution is -2.37. The largest absolute Gasteiger partial charge is 0.323 e. The zero-order valence-corrected chi connectivity index (χ0v) is 13.2. The predicted octanol–water partition coefficient (Wildman–Crippen LogP) is 3.16. The SMILES string of the molecule is O=C(CN1C(=O)C(=O)c2ccccc21)Nc1cccc(Cl)c1Cl. The van der Waals surface area contributed by atoms with Gasteiger partial charge >= 0.3 is 0 Å². The highest BCUT2D eigenvalue weighted by atomic mass is 35.5. The Bertz CT molecular complexity index is 836. The number of rotatable bonds is 3. The van der Waals surface area contributed by atoms with Crippen LogP contribution >= 0.6 is 23.2 Å². The van der Waals surface area contributed by atoms with Crippen molar-refractivity contribution >= 4 is 52.2 Å². The normalized spacial score (nSPS) is 13.2. The Balaban J connectivity index is 1.80. The number of ketones is 1. The van der Waals surface area contributed by atoms with E-state index in [9.17, 15) is 14.4 Å². The first-order valence-corrected chi connectivity index (χ1v) is 7.43. The van der Waals surface area contributed by atoms with Crippen LogP contribution in [0.5, 0.6) is 0 Å². The predicted molar refractivity (Wildman–Crippen MR) is 88.2 cm³/mol. The van der Waals surface area contributed by atoms with Crippen LogP contribution in [0.4, 0.5) is 11.4 Å². The maximum Gasteiger partial charge on any atom is 0.299 e. The molecular formula is C16H10Cl2N2O3. The first-order valence-electron chi connectivity index (χ1n) is 6.68. The molecular weight excluding hydrogens is 339 g/mol. The monoisotopic (exact) mass is 348 g/mol. The summed E-state index contributed by atoms with van der Waals surface area (Å²) < 4.78 is 0. The van der Waals surface area contributed by atoms with Crippen molar-refractivity contribution in [3.05, 3.63) is 58.1 Å². The average Bonchev–Trinajstić information content (AvgIpc) is 2.77. The van der Waals surface area contributed by atoms with Crippen LogP contribution in [0.2, 0.25) is 10.0 Å². The Morgan fingerprint density at radius 1 is 1.04 bits per heavy atom. The number of halogens is 2. The van der Waals surface area contributed by atoms with Crippen LogP contribution in [0.3, 0.4) is 0 Å². The Labute approximate surface area is 141 Å². The topological polar surface area (TPSA) is 66.5 Å². The summed E-state index contributed by atoms with van der Waals surface area (Å²) in [6, 6.07) is 11.4. The van der Waals surface area contributed by atoms with Gasteiger partial charge in [0, 0.05) is 0 Å². The van der Waals surface area contributed by atoms with Gasteiger partial charge in [0.1, 0.15) is 6.54 Å². The van der Waals surface area contributed by atoms with Gasteiger partial charge in [0.15, 0.2) is 0 Å². The van der Waals surface area contributed by atoms with Gasteiger partial charge in [-0.25, -0.2) is 0 Å². The highest BCUT2D eigenvalue weighted by Gasteiger charge is 2.36. The summed E-state index contributed by atoms with van der Waals surface area (Å²) in [7, 11) is 0. The van der Waals surface area contributed by atoms with Crippen molar-refractivity contribution in [2.24, 2.45) is 0 Å². The highest BCUT2D eigenvalue weighted by Crippen LogP contribution is 2.30. The number of fused-ring (bicyclic) bond motifs is 1. The summed E-state index contributed by atoms with van der Waals surface area (Å²) in [5.41, 5.74) is 1.07. The summed E-state index contributed by atoms with van der Waals surface area (Å²) in [6.07, 6.45) is 0. The standard InChI is InChI=1S/C16H10Cl2N2O3/c17-10-5-3-6-11(14(10)18)19-13(21)8-20-12-7-2-1-4-9(12)15(22)16(20)23/h1-7H,8H2,(H,19,21). The number of nitrogens with zero attached hydrogens (tertiary/aromatic N) is 1. The van der Waals surface area contributed by atoms with Gasteiger partial charge in [0.25, 0.3) is 11.7 Å². The molecule has 2 aromatic carbocycles. The fourth-order valence-corrected chi connectivity index (χ4v) is 2.69. The van der Waals surface area contributed by atoms with E-state index in [4.69, 9.17) is 23.2 Å². The van der Waals surface area contributed by atoms with Gasteiger partial charge in [-0.1, -0.05) is 41.4 Å². The third-order valence-corrected chi connectivity index (χ3v) is 4.23. The molecule has 3 rings (SSSR count).